The molecule has 0 saturated heterocycles. The van der Waals surface area contributed by atoms with E-state index in [0.29, 0.717) is 5.41 Å². The zero-order valence-electron chi connectivity index (χ0n) is 48.3. The minimum absolute atomic E-state index is 0.313. The first-order valence-corrected chi connectivity index (χ1v) is 31.5. The maximum Gasteiger partial charge on any atom is 0.0714 e. The minimum atomic E-state index is -0.570. The molecule has 1 atom stereocenters. The molecule has 0 aromatic heterocycles. The lowest BCUT2D eigenvalue weighted by molar-refractivity contribution is -0.00519. The van der Waals surface area contributed by atoms with E-state index in [-0.39, 0.29) is 0 Å². The Morgan fingerprint density at radius 2 is 0.477 bits per heavy atom. The fourth-order valence-electron chi connectivity index (χ4n) is 19.0. The molecule has 1 unspecified atom stereocenters. The van der Waals surface area contributed by atoms with Crippen LogP contribution in [0, 0.1) is 17.8 Å². The average molecular weight is 1100 g/mol. The van der Waals surface area contributed by atoms with Crippen LogP contribution in [0.25, 0.3) is 33.4 Å². The van der Waals surface area contributed by atoms with E-state index in [2.05, 4.69) is 308 Å². The van der Waals surface area contributed by atoms with Gasteiger partial charge in [-0.3, -0.25) is 0 Å². The Labute approximate surface area is 506 Å². The topological polar surface area (TPSA) is 3.24 Å². The Morgan fingerprint density at radius 3 is 0.826 bits per heavy atom. The highest BCUT2D eigenvalue weighted by Gasteiger charge is 2.53. The first kappa shape index (κ1) is 49.8. The van der Waals surface area contributed by atoms with Gasteiger partial charge in [0.2, 0.25) is 0 Å². The summed E-state index contributed by atoms with van der Waals surface area (Å²) in [5.74, 6) is 2.67. The molecule has 0 heterocycles. The van der Waals surface area contributed by atoms with Gasteiger partial charge in [0.15, 0.2) is 0 Å². The number of anilines is 3. The number of nitrogens with zero attached hydrogens (tertiary/aromatic N) is 1. The Balaban J connectivity index is 0.843. The van der Waals surface area contributed by atoms with Gasteiger partial charge in [-0.25, -0.2) is 0 Å². The first-order chi connectivity index (χ1) is 42.6. The third-order valence-electron chi connectivity index (χ3n) is 21.9. The van der Waals surface area contributed by atoms with Crippen molar-refractivity contribution in [3.05, 3.63) is 376 Å². The second-order valence-electron chi connectivity index (χ2n) is 26.0. The van der Waals surface area contributed by atoms with Crippen molar-refractivity contribution >= 4 is 17.1 Å². The van der Waals surface area contributed by atoms with Gasteiger partial charge in [-0.1, -0.05) is 267 Å². The van der Waals surface area contributed by atoms with Crippen molar-refractivity contribution in [2.75, 3.05) is 4.90 Å². The number of benzene rings is 12. The van der Waals surface area contributed by atoms with Crippen LogP contribution in [0.5, 0.6) is 0 Å². The van der Waals surface area contributed by atoms with Crippen LogP contribution >= 0.6 is 0 Å². The molecule has 4 fully saturated rings. The zero-order chi connectivity index (χ0) is 56.6. The van der Waals surface area contributed by atoms with E-state index in [0.717, 1.165) is 34.8 Å². The van der Waals surface area contributed by atoms with Crippen molar-refractivity contribution in [3.8, 4) is 33.4 Å². The van der Waals surface area contributed by atoms with E-state index in [9.17, 15) is 0 Å². The summed E-state index contributed by atoms with van der Waals surface area (Å²) in [5.41, 5.74) is 26.9. The first-order valence-electron chi connectivity index (χ1n) is 31.5. The standard InChI is InChI=1S/C85H65N/c1-4-20-61(21-5-1)83(76-31-15-10-26-70(76)71-27-11-16-32-77(71)83)65-40-44-67(45-41-65)86(68-46-42-66(43-47-68)84(62-22-6-2-7-23-62)78-33-17-12-28-72(78)73-29-13-18-34-79(73)84)69-48-49-75-74-30-14-19-35-80(74)85(81(75)53-69,63-24-8-3-9-25-63)64-38-36-60(37-39-64)82-54-57-50-58(55-82)52-59(51-57)56-82/h1-49,53,57-59H,50-52,54-56H2. The molecule has 0 amide bonds. The van der Waals surface area contributed by atoms with Gasteiger partial charge in [0.05, 0.1) is 16.2 Å². The molecule has 0 radical (unpaired) electrons. The maximum absolute atomic E-state index is 2.57. The van der Waals surface area contributed by atoms with Crippen molar-refractivity contribution in [3.63, 3.8) is 0 Å². The van der Waals surface area contributed by atoms with E-state index < -0.39 is 16.2 Å². The summed E-state index contributed by atoms with van der Waals surface area (Å²) < 4.78 is 0. The molecule has 0 N–H and O–H groups in total. The third kappa shape index (κ3) is 6.89. The van der Waals surface area contributed by atoms with Crippen molar-refractivity contribution in [2.24, 2.45) is 17.8 Å². The molecule has 86 heavy (non-hydrogen) atoms. The summed E-state index contributed by atoms with van der Waals surface area (Å²) in [6.45, 7) is 0. The maximum atomic E-state index is 2.57. The van der Waals surface area contributed by atoms with Gasteiger partial charge in [-0.15, -0.1) is 0 Å². The zero-order valence-corrected chi connectivity index (χ0v) is 48.3. The predicted molar refractivity (Wildman–Crippen MR) is 353 cm³/mol. The van der Waals surface area contributed by atoms with Gasteiger partial charge in [0, 0.05) is 17.1 Å². The number of rotatable bonds is 10. The molecule has 19 rings (SSSR count). The van der Waals surface area contributed by atoms with Crippen molar-refractivity contribution < 1.29 is 0 Å². The van der Waals surface area contributed by atoms with Crippen molar-refractivity contribution in [1.29, 1.82) is 0 Å². The minimum Gasteiger partial charge on any atom is -0.310 e. The Morgan fingerprint density at radius 1 is 0.221 bits per heavy atom. The van der Waals surface area contributed by atoms with Crippen LogP contribution < -0.4 is 4.90 Å². The van der Waals surface area contributed by atoms with Gasteiger partial charge in [-0.2, -0.15) is 0 Å². The number of fused-ring (bicyclic) bond motifs is 9. The van der Waals surface area contributed by atoms with Gasteiger partial charge >= 0.3 is 0 Å². The lowest BCUT2D eigenvalue weighted by Crippen LogP contribution is -2.48. The molecular weight excluding hydrogens is 1030 g/mol. The molecule has 410 valence electrons. The summed E-state index contributed by atoms with van der Waals surface area (Å²) in [5, 5.41) is 0. The quantitative estimate of drug-likeness (QED) is 0.132. The lowest BCUT2D eigenvalue weighted by Gasteiger charge is -2.57. The summed E-state index contributed by atoms with van der Waals surface area (Å²) in [7, 11) is 0. The molecule has 0 spiro atoms. The van der Waals surface area contributed by atoms with Crippen molar-refractivity contribution in [1.82, 2.24) is 0 Å². The smallest absolute Gasteiger partial charge is 0.0714 e. The van der Waals surface area contributed by atoms with Crippen molar-refractivity contribution in [2.45, 2.75) is 60.2 Å². The molecule has 4 bridgehead atoms. The summed E-state index contributed by atoms with van der Waals surface area (Å²) >= 11 is 0. The van der Waals surface area contributed by atoms with E-state index >= 15 is 0 Å². The molecule has 7 aliphatic carbocycles. The summed E-state index contributed by atoms with van der Waals surface area (Å²) in [4.78, 5) is 2.53. The van der Waals surface area contributed by atoms with Crippen LogP contribution in [-0.4, -0.2) is 0 Å². The molecule has 0 aliphatic heterocycles. The number of hydrogen-bond acceptors (Lipinski definition) is 1. The number of hydrogen-bond donors (Lipinski definition) is 0. The fraction of sp³-hybridized carbons (Fsp3) is 0.153. The van der Waals surface area contributed by atoms with Gasteiger partial charge in [-0.05, 0) is 204 Å². The molecule has 12 aromatic rings. The Hall–Kier alpha value is -9.56. The van der Waals surface area contributed by atoms with Gasteiger partial charge in [0.25, 0.3) is 0 Å². The highest BCUT2D eigenvalue weighted by molar-refractivity contribution is 5.92. The van der Waals surface area contributed by atoms with Gasteiger partial charge < -0.3 is 4.90 Å². The van der Waals surface area contributed by atoms with E-state index in [1.165, 1.54) is 139 Å². The van der Waals surface area contributed by atoms with Gasteiger partial charge in [0.1, 0.15) is 0 Å². The molecular formula is C85H65N. The second kappa shape index (κ2) is 19.0. The summed E-state index contributed by atoms with van der Waals surface area (Å²) in [6, 6.07) is 116. The molecule has 1 heteroatoms. The van der Waals surface area contributed by atoms with Crippen LogP contribution in [0.15, 0.2) is 303 Å². The molecule has 12 aromatic carbocycles. The van der Waals surface area contributed by atoms with E-state index in [1.54, 1.807) is 5.56 Å². The third-order valence-corrected chi connectivity index (χ3v) is 21.9. The van der Waals surface area contributed by atoms with E-state index in [4.69, 9.17) is 0 Å². The average Bonchev–Trinajstić information content (AvgIpc) is 1.58. The monoisotopic (exact) mass is 1100 g/mol. The molecule has 1 nitrogen and oxygen atoms in total. The highest BCUT2D eigenvalue weighted by atomic mass is 15.1. The van der Waals surface area contributed by atoms with Crippen LogP contribution in [-0.2, 0) is 21.7 Å². The Bertz CT molecular complexity index is 4290. The second-order valence-corrected chi connectivity index (χ2v) is 26.0. The molecule has 4 saturated carbocycles. The normalized spacial score (nSPS) is 21.6. The predicted octanol–water partition coefficient (Wildman–Crippen LogP) is 20.7. The summed E-state index contributed by atoms with van der Waals surface area (Å²) in [6.07, 6.45) is 8.42. The van der Waals surface area contributed by atoms with Crippen LogP contribution in [0.1, 0.15) is 111 Å². The van der Waals surface area contributed by atoms with E-state index in [1.807, 2.05) is 0 Å². The van der Waals surface area contributed by atoms with Crippen LogP contribution in [0.4, 0.5) is 17.1 Å². The van der Waals surface area contributed by atoms with Crippen LogP contribution in [0.2, 0.25) is 0 Å². The lowest BCUT2D eigenvalue weighted by atomic mass is 9.48. The SMILES string of the molecule is c1ccc(C2(c3ccc(N(c4ccc(C5(c6ccccc6)c6ccccc6-c6ccccc65)cc4)c4ccc5c(c4)C(c4ccccc4)(c4ccc(C67CC8CC(CC(C8)C6)C7)cc4)c4ccccc4-5)cc3)c3ccccc3-c3ccccc32)cc1. The largest absolute Gasteiger partial charge is 0.310 e. The molecule has 7 aliphatic rings. The fourth-order valence-corrected chi connectivity index (χ4v) is 19.0. The Kier molecular flexibility index (Phi) is 11.0. The highest BCUT2D eigenvalue weighted by Crippen LogP contribution is 2.63. The van der Waals surface area contributed by atoms with Crippen LogP contribution in [0.3, 0.4) is 0 Å².